The molecule has 3 N–H and O–H groups in total. The third-order valence-electron chi connectivity index (χ3n) is 6.95. The number of fused-ring (bicyclic) bond motifs is 1. The van der Waals surface area contributed by atoms with Gasteiger partial charge in [-0.15, -0.1) is 11.3 Å². The summed E-state index contributed by atoms with van der Waals surface area (Å²) in [4.78, 5) is 29.0. The molecule has 11 heteroatoms. The van der Waals surface area contributed by atoms with Crippen molar-refractivity contribution in [3.8, 4) is 28.0 Å². The number of aryl methyl sites for hydroxylation is 1. The molecule has 1 aromatic carbocycles. The zero-order valence-electron chi connectivity index (χ0n) is 20.6. The van der Waals surface area contributed by atoms with Crippen LogP contribution in [0, 0.1) is 24.6 Å². The number of carbonyl (C=O) groups is 1. The lowest BCUT2D eigenvalue weighted by Gasteiger charge is -2.22. The Morgan fingerprint density at radius 3 is 2.57 bits per heavy atom. The van der Waals surface area contributed by atoms with Gasteiger partial charge >= 0.3 is 0 Å². The van der Waals surface area contributed by atoms with Crippen molar-refractivity contribution in [2.75, 3.05) is 13.1 Å². The van der Waals surface area contributed by atoms with E-state index in [1.54, 1.807) is 12.1 Å². The molecule has 0 radical (unpaired) electrons. The third-order valence-corrected chi connectivity index (χ3v) is 8.11. The average molecular weight is 520 g/mol. The molecule has 2 unspecified atom stereocenters. The maximum Gasteiger partial charge on any atom is 0.265 e. The van der Waals surface area contributed by atoms with Crippen LogP contribution in [0.25, 0.3) is 22.1 Å². The van der Waals surface area contributed by atoms with Crippen LogP contribution in [0.3, 0.4) is 0 Å². The van der Waals surface area contributed by atoms with Gasteiger partial charge in [0, 0.05) is 42.1 Å². The van der Waals surface area contributed by atoms with Gasteiger partial charge in [0.25, 0.3) is 5.91 Å². The minimum absolute atomic E-state index is 0.0129. The van der Waals surface area contributed by atoms with Crippen LogP contribution in [0.1, 0.15) is 34.8 Å². The normalized spacial score (nSPS) is 20.7. The summed E-state index contributed by atoms with van der Waals surface area (Å²) < 4.78 is 19.8. The lowest BCUT2D eigenvalue weighted by atomic mass is 9.95. The van der Waals surface area contributed by atoms with E-state index in [9.17, 15) is 9.18 Å². The lowest BCUT2D eigenvalue weighted by Crippen LogP contribution is -2.33. The second-order valence-corrected chi connectivity index (χ2v) is 11.2. The minimum atomic E-state index is -0.602. The van der Waals surface area contributed by atoms with Crippen molar-refractivity contribution < 1.29 is 13.9 Å². The minimum Gasteiger partial charge on any atom is -0.474 e. The maximum absolute atomic E-state index is 13.4. The van der Waals surface area contributed by atoms with Gasteiger partial charge in [0.05, 0.1) is 11.4 Å². The number of H-pyrrole nitrogens is 1. The number of amides is 1. The van der Waals surface area contributed by atoms with E-state index < -0.39 is 5.54 Å². The smallest absolute Gasteiger partial charge is 0.265 e. The van der Waals surface area contributed by atoms with Crippen LogP contribution in [-0.2, 0) is 5.54 Å². The Balaban J connectivity index is 1.16. The molecule has 2 atom stereocenters. The van der Waals surface area contributed by atoms with Crippen molar-refractivity contribution >= 4 is 17.2 Å². The number of thiazole rings is 1. The average Bonchev–Trinajstić information content (AvgIpc) is 3.36. The van der Waals surface area contributed by atoms with E-state index in [-0.39, 0.29) is 29.7 Å². The molecule has 37 heavy (non-hydrogen) atoms. The zero-order chi connectivity index (χ0) is 25.9. The number of nitrogens with one attached hydrogen (secondary N) is 1. The number of nitrogens with zero attached hydrogens (tertiary/aromatic N) is 5. The predicted octanol–water partition coefficient (Wildman–Crippen LogP) is 3.78. The molecule has 9 nitrogen and oxygen atoms in total. The molecule has 3 aromatic heterocycles. The van der Waals surface area contributed by atoms with Crippen molar-refractivity contribution in [1.29, 1.82) is 0 Å². The van der Waals surface area contributed by atoms with E-state index in [4.69, 9.17) is 15.5 Å². The molecule has 6 rings (SSSR count). The molecule has 0 bridgehead atoms. The second kappa shape index (κ2) is 8.70. The molecule has 4 aromatic rings. The number of rotatable bonds is 6. The van der Waals surface area contributed by atoms with Gasteiger partial charge in [0.1, 0.15) is 23.1 Å². The first-order valence-corrected chi connectivity index (χ1v) is 12.9. The predicted molar refractivity (Wildman–Crippen MR) is 136 cm³/mol. The van der Waals surface area contributed by atoms with E-state index in [1.165, 1.54) is 29.8 Å². The zero-order valence-corrected chi connectivity index (χ0v) is 21.4. The van der Waals surface area contributed by atoms with Crippen molar-refractivity contribution in [3.63, 3.8) is 0 Å². The van der Waals surface area contributed by atoms with Crippen LogP contribution >= 0.6 is 11.3 Å². The number of piperidine rings is 1. The summed E-state index contributed by atoms with van der Waals surface area (Å²) in [6, 6.07) is 10.00. The van der Waals surface area contributed by atoms with Gasteiger partial charge < -0.3 is 15.4 Å². The summed E-state index contributed by atoms with van der Waals surface area (Å²) in [7, 11) is 0. The van der Waals surface area contributed by atoms with Crippen molar-refractivity contribution in [3.05, 3.63) is 64.7 Å². The second-order valence-electron chi connectivity index (χ2n) is 10.2. The topological polar surface area (TPSA) is 123 Å². The van der Waals surface area contributed by atoms with Crippen LogP contribution in [0.4, 0.5) is 4.39 Å². The summed E-state index contributed by atoms with van der Waals surface area (Å²) in [6.45, 7) is 6.92. The number of aromatic nitrogens is 5. The van der Waals surface area contributed by atoms with Crippen molar-refractivity contribution in [2.45, 2.75) is 32.4 Å². The van der Waals surface area contributed by atoms with Gasteiger partial charge in [0.2, 0.25) is 5.88 Å². The Bertz CT molecular complexity index is 1450. The highest BCUT2D eigenvalue weighted by Gasteiger charge is 2.59. The molecule has 2 fully saturated rings. The first-order valence-electron chi connectivity index (χ1n) is 12.0. The number of carbonyl (C=O) groups excluding carboxylic acids is 1. The van der Waals surface area contributed by atoms with Gasteiger partial charge in [-0.25, -0.2) is 19.3 Å². The highest BCUT2D eigenvalue weighted by molar-refractivity contribution is 7.17. The van der Waals surface area contributed by atoms with E-state index in [2.05, 4.69) is 20.2 Å². The maximum atomic E-state index is 13.4. The standard InChI is InChI=1S/C26H26FN7O2S/c1-13-22(37-24(31-13)23-29-12-30-33-23)25(35)34-10-17-18(11-34)21(17)36-20-9-15(26(2,3)28)8-19(32-20)14-4-6-16(27)7-5-14/h4-9,12,17-18,21H,10-11,28H2,1-3H3,(H,29,30,33). The van der Waals surface area contributed by atoms with Gasteiger partial charge in [-0.05, 0) is 56.7 Å². The van der Waals surface area contributed by atoms with Crippen LogP contribution in [0.2, 0.25) is 0 Å². The van der Waals surface area contributed by atoms with Gasteiger partial charge in [-0.1, -0.05) is 0 Å². The molecule has 1 aliphatic carbocycles. The molecular weight excluding hydrogens is 493 g/mol. The molecule has 1 aliphatic heterocycles. The number of nitrogens with two attached hydrogens (primary N) is 1. The molecule has 4 heterocycles. The number of hydrogen-bond acceptors (Lipinski definition) is 8. The highest BCUT2D eigenvalue weighted by atomic mass is 32.1. The Morgan fingerprint density at radius 2 is 1.92 bits per heavy atom. The van der Waals surface area contributed by atoms with Gasteiger partial charge in [-0.2, -0.15) is 5.10 Å². The van der Waals surface area contributed by atoms with Crippen LogP contribution < -0.4 is 10.5 Å². The first-order chi connectivity index (χ1) is 17.7. The Labute approximate surface area is 216 Å². The summed E-state index contributed by atoms with van der Waals surface area (Å²) in [5, 5.41) is 7.30. The number of halogens is 1. The molecule has 0 spiro atoms. The van der Waals surface area contributed by atoms with Gasteiger partial charge in [-0.3, -0.25) is 9.89 Å². The summed E-state index contributed by atoms with van der Waals surface area (Å²) >= 11 is 1.32. The lowest BCUT2D eigenvalue weighted by molar-refractivity contribution is 0.0755. The number of ether oxygens (including phenoxy) is 1. The van der Waals surface area contributed by atoms with Crippen molar-refractivity contribution in [2.24, 2.45) is 17.6 Å². The Hall–Kier alpha value is -3.70. The van der Waals surface area contributed by atoms with E-state index in [0.717, 1.165) is 11.1 Å². The number of benzene rings is 1. The third kappa shape index (κ3) is 4.49. The van der Waals surface area contributed by atoms with E-state index in [1.807, 2.05) is 37.8 Å². The molecule has 190 valence electrons. The summed E-state index contributed by atoms with van der Waals surface area (Å²) in [5.74, 6) is 1.22. The summed E-state index contributed by atoms with van der Waals surface area (Å²) in [5.41, 5.74) is 8.81. The monoisotopic (exact) mass is 519 g/mol. The van der Waals surface area contributed by atoms with Crippen LogP contribution in [0.5, 0.6) is 5.88 Å². The largest absolute Gasteiger partial charge is 0.474 e. The molecular formula is C26H26FN7O2S. The molecule has 1 amide bonds. The molecule has 1 saturated carbocycles. The number of hydrogen-bond donors (Lipinski definition) is 2. The number of likely N-dealkylation sites (tertiary alicyclic amines) is 1. The van der Waals surface area contributed by atoms with E-state index >= 15 is 0 Å². The van der Waals surface area contributed by atoms with Crippen LogP contribution in [0.15, 0.2) is 42.7 Å². The number of pyridine rings is 1. The number of aromatic amines is 1. The first kappa shape index (κ1) is 23.7. The van der Waals surface area contributed by atoms with Crippen molar-refractivity contribution in [1.82, 2.24) is 30.0 Å². The molecule has 2 aliphatic rings. The summed E-state index contributed by atoms with van der Waals surface area (Å²) in [6.07, 6.45) is 1.41. The molecule has 1 saturated heterocycles. The fourth-order valence-electron chi connectivity index (χ4n) is 4.81. The fourth-order valence-corrected chi connectivity index (χ4v) is 5.79. The Kier molecular flexibility index (Phi) is 5.57. The highest BCUT2D eigenvalue weighted by Crippen LogP contribution is 2.48. The fraction of sp³-hybridized carbons (Fsp3) is 0.346. The van der Waals surface area contributed by atoms with Gasteiger partial charge in [0.15, 0.2) is 10.8 Å². The van der Waals surface area contributed by atoms with E-state index in [0.29, 0.717) is 46.1 Å². The van der Waals surface area contributed by atoms with Crippen LogP contribution in [-0.4, -0.2) is 55.1 Å². The quantitative estimate of drug-likeness (QED) is 0.397. The Morgan fingerprint density at radius 1 is 1.19 bits per heavy atom. The SMILES string of the molecule is Cc1nc(-c2ncn[nH]2)sc1C(=O)N1CC2C(C1)C2Oc1cc(C(C)(C)N)cc(-c2ccc(F)cc2)n1.